The van der Waals surface area contributed by atoms with E-state index in [0.29, 0.717) is 29.2 Å². The van der Waals surface area contributed by atoms with Crippen molar-refractivity contribution in [1.82, 2.24) is 0 Å². The predicted molar refractivity (Wildman–Crippen MR) is 112 cm³/mol. The Kier molecular flexibility index (Phi) is 5.29. The molecule has 0 spiro atoms. The largest absolute Gasteiger partial charge is 0.497 e. The summed E-state index contributed by atoms with van der Waals surface area (Å²) in [5.74, 6) is 0.875. The normalized spacial score (nSPS) is 16.6. The second-order valence-electron chi connectivity index (χ2n) is 6.82. The summed E-state index contributed by atoms with van der Waals surface area (Å²) in [4.78, 5) is 18.1. The lowest BCUT2D eigenvalue weighted by Gasteiger charge is -2.24. The molecule has 0 saturated heterocycles. The molecule has 3 aromatic carbocycles. The minimum atomic E-state index is -0.494. The van der Waals surface area contributed by atoms with Gasteiger partial charge in [0.1, 0.15) is 17.6 Å². The van der Waals surface area contributed by atoms with Crippen LogP contribution >= 0.6 is 0 Å². The first-order valence-corrected chi connectivity index (χ1v) is 9.43. The van der Waals surface area contributed by atoms with Crippen LogP contribution in [-0.4, -0.2) is 24.9 Å². The molecular formula is C24H21NO4. The molecule has 0 aromatic heterocycles. The topological polar surface area (TPSA) is 57.1 Å². The number of hydrogen-bond donors (Lipinski definition) is 0. The molecule has 1 atom stereocenters. The lowest BCUT2D eigenvalue weighted by Crippen LogP contribution is -2.25. The van der Waals surface area contributed by atoms with E-state index in [4.69, 9.17) is 14.3 Å². The number of ether oxygens (including phenoxy) is 2. The lowest BCUT2D eigenvalue weighted by molar-refractivity contribution is 0.0514. The Morgan fingerprint density at radius 1 is 1.00 bits per heavy atom. The predicted octanol–water partition coefficient (Wildman–Crippen LogP) is 5.09. The smallest absolute Gasteiger partial charge is 0.366 e. The summed E-state index contributed by atoms with van der Waals surface area (Å²) in [6.45, 7) is 1.95. The summed E-state index contributed by atoms with van der Waals surface area (Å²) in [6.07, 6.45) is 0.469. The molecule has 0 unspecified atom stereocenters. The highest BCUT2D eigenvalue weighted by Gasteiger charge is 2.24. The third kappa shape index (κ3) is 3.99. The van der Waals surface area contributed by atoms with Gasteiger partial charge in [0, 0.05) is 18.1 Å². The maximum absolute atomic E-state index is 12.8. The number of hydrogen-bond acceptors (Lipinski definition) is 5. The van der Waals surface area contributed by atoms with Gasteiger partial charge < -0.3 is 14.3 Å². The SMILES string of the molecule is COc1ccc2c(c1)O[C@H](C)C/C2=N\OC(=O)c1ccccc1-c1ccccc1. The Labute approximate surface area is 169 Å². The van der Waals surface area contributed by atoms with Gasteiger partial charge in [-0.15, -0.1) is 0 Å². The molecule has 0 amide bonds. The first kappa shape index (κ1) is 18.7. The van der Waals surface area contributed by atoms with Crippen LogP contribution in [0.3, 0.4) is 0 Å². The Morgan fingerprint density at radius 3 is 2.55 bits per heavy atom. The highest BCUT2D eigenvalue weighted by Crippen LogP contribution is 2.32. The summed E-state index contributed by atoms with van der Waals surface area (Å²) in [5.41, 5.74) is 3.70. The molecule has 3 aromatic rings. The Morgan fingerprint density at radius 2 is 1.76 bits per heavy atom. The second-order valence-corrected chi connectivity index (χ2v) is 6.82. The average molecular weight is 387 g/mol. The number of carbonyl (C=O) groups is 1. The van der Waals surface area contributed by atoms with Crippen LogP contribution in [0.1, 0.15) is 29.3 Å². The van der Waals surface area contributed by atoms with Gasteiger partial charge in [-0.1, -0.05) is 53.7 Å². The number of oxime groups is 1. The van der Waals surface area contributed by atoms with Gasteiger partial charge in [0.05, 0.1) is 18.4 Å². The van der Waals surface area contributed by atoms with Gasteiger partial charge in [0.15, 0.2) is 0 Å². The van der Waals surface area contributed by atoms with Gasteiger partial charge in [-0.25, -0.2) is 4.79 Å². The number of benzene rings is 3. The second kappa shape index (κ2) is 8.19. The summed E-state index contributed by atoms with van der Waals surface area (Å²) in [5, 5.41) is 4.19. The maximum atomic E-state index is 12.8. The van der Waals surface area contributed by atoms with Crippen LogP contribution in [0.15, 0.2) is 78.0 Å². The monoisotopic (exact) mass is 387 g/mol. The zero-order valence-electron chi connectivity index (χ0n) is 16.3. The highest BCUT2D eigenvalue weighted by molar-refractivity contribution is 6.05. The fraction of sp³-hybridized carbons (Fsp3) is 0.167. The first-order chi connectivity index (χ1) is 14.2. The molecule has 5 nitrogen and oxygen atoms in total. The highest BCUT2D eigenvalue weighted by atomic mass is 16.7. The minimum absolute atomic E-state index is 0.0799. The summed E-state index contributed by atoms with van der Waals surface area (Å²) < 4.78 is 11.1. The lowest BCUT2D eigenvalue weighted by atomic mass is 10.00. The van der Waals surface area contributed by atoms with Crippen LogP contribution < -0.4 is 9.47 Å². The molecular weight excluding hydrogens is 366 g/mol. The van der Waals surface area contributed by atoms with Crippen LogP contribution in [0.4, 0.5) is 0 Å². The third-order valence-electron chi connectivity index (χ3n) is 4.78. The Balaban J connectivity index is 1.62. The van der Waals surface area contributed by atoms with Gasteiger partial charge >= 0.3 is 5.97 Å². The van der Waals surface area contributed by atoms with Crippen molar-refractivity contribution in [1.29, 1.82) is 0 Å². The van der Waals surface area contributed by atoms with E-state index in [1.54, 1.807) is 13.2 Å². The maximum Gasteiger partial charge on any atom is 0.366 e. The third-order valence-corrected chi connectivity index (χ3v) is 4.78. The molecule has 1 aliphatic rings. The van der Waals surface area contributed by atoms with E-state index in [0.717, 1.165) is 16.7 Å². The average Bonchev–Trinajstić information content (AvgIpc) is 2.77. The van der Waals surface area contributed by atoms with Crippen LogP contribution in [0.5, 0.6) is 11.5 Å². The van der Waals surface area contributed by atoms with Crippen molar-refractivity contribution in [3.05, 3.63) is 83.9 Å². The molecule has 0 aliphatic carbocycles. The molecule has 29 heavy (non-hydrogen) atoms. The van der Waals surface area contributed by atoms with E-state index < -0.39 is 5.97 Å². The number of nitrogens with zero attached hydrogens (tertiary/aromatic N) is 1. The van der Waals surface area contributed by atoms with Gasteiger partial charge in [-0.05, 0) is 36.2 Å². The minimum Gasteiger partial charge on any atom is -0.497 e. The van der Waals surface area contributed by atoms with E-state index >= 15 is 0 Å². The zero-order valence-corrected chi connectivity index (χ0v) is 16.3. The van der Waals surface area contributed by atoms with Crippen molar-refractivity contribution in [2.75, 3.05) is 7.11 Å². The Bertz CT molecular complexity index is 1060. The van der Waals surface area contributed by atoms with Crippen molar-refractivity contribution in [2.24, 2.45) is 5.16 Å². The fourth-order valence-corrected chi connectivity index (χ4v) is 3.37. The van der Waals surface area contributed by atoms with Crippen LogP contribution in [-0.2, 0) is 4.84 Å². The first-order valence-electron chi connectivity index (χ1n) is 9.43. The van der Waals surface area contributed by atoms with Crippen LogP contribution in [0, 0.1) is 0 Å². The summed E-state index contributed by atoms with van der Waals surface area (Å²) in [6, 6.07) is 22.6. The molecule has 0 bridgehead atoms. The number of methoxy groups -OCH3 is 1. The quantitative estimate of drug-likeness (QED) is 0.462. The van der Waals surface area contributed by atoms with Crippen LogP contribution in [0.2, 0.25) is 0 Å². The summed E-state index contributed by atoms with van der Waals surface area (Å²) >= 11 is 0. The van der Waals surface area contributed by atoms with Crippen molar-refractivity contribution >= 4 is 11.7 Å². The van der Waals surface area contributed by atoms with Crippen LogP contribution in [0.25, 0.3) is 11.1 Å². The number of fused-ring (bicyclic) bond motifs is 1. The molecule has 0 fully saturated rings. The summed E-state index contributed by atoms with van der Waals surface area (Å²) in [7, 11) is 1.61. The molecule has 1 aliphatic heterocycles. The zero-order chi connectivity index (χ0) is 20.2. The van der Waals surface area contributed by atoms with Gasteiger partial charge in [-0.3, -0.25) is 0 Å². The standard InChI is InChI=1S/C24H21NO4/c1-16-14-22(21-13-12-18(27-2)15-23(21)28-16)25-29-24(26)20-11-7-6-10-19(20)17-8-4-3-5-9-17/h3-13,15-16H,14H2,1-2H3/b25-22+/t16-/m1/s1. The van der Waals surface area contributed by atoms with E-state index in [1.165, 1.54) is 0 Å². The van der Waals surface area contributed by atoms with E-state index in [-0.39, 0.29) is 6.10 Å². The van der Waals surface area contributed by atoms with Crippen molar-refractivity contribution < 1.29 is 19.1 Å². The van der Waals surface area contributed by atoms with E-state index in [1.807, 2.05) is 73.7 Å². The molecule has 5 heteroatoms. The molecule has 4 rings (SSSR count). The van der Waals surface area contributed by atoms with E-state index in [2.05, 4.69) is 5.16 Å². The fourth-order valence-electron chi connectivity index (χ4n) is 3.37. The number of carbonyl (C=O) groups excluding carboxylic acids is 1. The van der Waals surface area contributed by atoms with E-state index in [9.17, 15) is 4.79 Å². The number of rotatable bonds is 4. The van der Waals surface area contributed by atoms with Gasteiger partial charge in [0.2, 0.25) is 0 Å². The van der Waals surface area contributed by atoms with Crippen molar-refractivity contribution in [3.63, 3.8) is 0 Å². The van der Waals surface area contributed by atoms with Gasteiger partial charge in [0.25, 0.3) is 0 Å². The molecule has 0 radical (unpaired) electrons. The van der Waals surface area contributed by atoms with Gasteiger partial charge in [-0.2, -0.15) is 0 Å². The molecule has 146 valence electrons. The molecule has 0 N–H and O–H groups in total. The van der Waals surface area contributed by atoms with Crippen molar-refractivity contribution in [3.8, 4) is 22.6 Å². The molecule has 0 saturated carbocycles. The Hall–Kier alpha value is -3.60. The molecule has 1 heterocycles. The van der Waals surface area contributed by atoms with Crippen molar-refractivity contribution in [2.45, 2.75) is 19.4 Å².